The van der Waals surface area contributed by atoms with Crippen LogP contribution in [0.1, 0.15) is 66.2 Å². The molecule has 2 nitrogen and oxygen atoms in total. The molecule has 0 heterocycles. The summed E-state index contributed by atoms with van der Waals surface area (Å²) in [6.45, 7) is 9.68. The van der Waals surface area contributed by atoms with Crippen molar-refractivity contribution in [2.45, 2.75) is 66.2 Å². The molecule has 2 saturated carbocycles. The number of hydrogen-bond acceptors (Lipinski definition) is 2. The number of fused-ring (bicyclic) bond motifs is 3. The lowest BCUT2D eigenvalue weighted by atomic mass is 9.43. The van der Waals surface area contributed by atoms with Gasteiger partial charge in [0.05, 0.1) is 0 Å². The summed E-state index contributed by atoms with van der Waals surface area (Å²) >= 11 is 0. The van der Waals surface area contributed by atoms with Crippen LogP contribution in [0.5, 0.6) is 0 Å². The minimum Gasteiger partial charge on any atom is -0.396 e. The first kappa shape index (κ1) is 16.2. The topological polar surface area (TPSA) is 37.3 Å². The molecule has 0 saturated heterocycles. The molecule has 3 rings (SSSR count). The molecule has 0 aliphatic heterocycles. The van der Waals surface area contributed by atoms with Crippen molar-refractivity contribution in [3.8, 4) is 0 Å². The van der Waals surface area contributed by atoms with Crippen LogP contribution in [0.3, 0.4) is 0 Å². The molecule has 2 fully saturated rings. The highest BCUT2D eigenvalue weighted by Gasteiger charge is 2.58. The van der Waals surface area contributed by atoms with E-state index in [1.807, 2.05) is 6.08 Å². The third-order valence-electron chi connectivity index (χ3n) is 7.46. The van der Waals surface area contributed by atoms with Crippen molar-refractivity contribution in [2.75, 3.05) is 6.61 Å². The third-order valence-corrected chi connectivity index (χ3v) is 7.46. The van der Waals surface area contributed by atoms with Crippen LogP contribution in [-0.4, -0.2) is 17.5 Å². The van der Waals surface area contributed by atoms with Crippen LogP contribution < -0.4 is 0 Å². The Bertz CT molecular complexity index is 490. The molecule has 0 spiro atoms. The van der Waals surface area contributed by atoms with Crippen LogP contribution in [0.25, 0.3) is 0 Å². The molecule has 3 aliphatic carbocycles. The zero-order valence-corrected chi connectivity index (χ0v) is 14.7. The summed E-state index contributed by atoms with van der Waals surface area (Å²) in [6, 6.07) is 0. The van der Waals surface area contributed by atoms with Crippen molar-refractivity contribution in [3.05, 3.63) is 11.6 Å². The average molecular weight is 304 g/mol. The van der Waals surface area contributed by atoms with Crippen molar-refractivity contribution in [1.29, 1.82) is 0 Å². The van der Waals surface area contributed by atoms with E-state index >= 15 is 0 Å². The number of ketones is 1. The van der Waals surface area contributed by atoms with Crippen LogP contribution in [-0.2, 0) is 4.79 Å². The van der Waals surface area contributed by atoms with Crippen LogP contribution in [0.2, 0.25) is 0 Å². The third kappa shape index (κ3) is 2.29. The number of aliphatic hydroxyl groups excluding tert-OH is 1. The Morgan fingerprint density at radius 3 is 2.64 bits per heavy atom. The highest BCUT2D eigenvalue weighted by molar-refractivity contribution is 5.94. The molecule has 2 heteroatoms. The quantitative estimate of drug-likeness (QED) is 0.822. The molecule has 1 N–H and O–H groups in total. The van der Waals surface area contributed by atoms with Gasteiger partial charge >= 0.3 is 0 Å². The first-order valence-electron chi connectivity index (χ1n) is 9.16. The highest BCUT2D eigenvalue weighted by atomic mass is 16.3. The van der Waals surface area contributed by atoms with Gasteiger partial charge in [0.2, 0.25) is 0 Å². The standard InChI is InChI=1S/C20H32O2/c1-13-14(8-11-21)12-16(22)18-15(13)6-7-17-19(2,3)9-5-10-20(17,18)4/h12-13,15,17-18,21H,5-11H2,1-4H3/t13-,15-,17-,18+,20-/m0/s1. The molecule has 22 heavy (non-hydrogen) atoms. The van der Waals surface area contributed by atoms with Gasteiger partial charge in [-0.1, -0.05) is 39.7 Å². The maximum Gasteiger partial charge on any atom is 0.159 e. The van der Waals surface area contributed by atoms with Crippen LogP contribution in [0.4, 0.5) is 0 Å². The molecule has 0 bridgehead atoms. The van der Waals surface area contributed by atoms with Gasteiger partial charge in [0.15, 0.2) is 5.78 Å². The number of aliphatic hydroxyl groups is 1. The fourth-order valence-corrected chi connectivity index (χ4v) is 6.46. The Morgan fingerprint density at radius 1 is 1.23 bits per heavy atom. The first-order chi connectivity index (χ1) is 10.3. The number of carbonyl (C=O) groups excluding carboxylic acids is 1. The average Bonchev–Trinajstić information content (AvgIpc) is 2.42. The van der Waals surface area contributed by atoms with E-state index in [0.717, 1.165) is 0 Å². The summed E-state index contributed by atoms with van der Waals surface area (Å²) in [7, 11) is 0. The van der Waals surface area contributed by atoms with E-state index < -0.39 is 0 Å². The van der Waals surface area contributed by atoms with Gasteiger partial charge in [-0.15, -0.1) is 0 Å². The summed E-state index contributed by atoms with van der Waals surface area (Å²) in [5, 5.41) is 9.27. The predicted octanol–water partition coefficient (Wildman–Crippen LogP) is 4.37. The van der Waals surface area contributed by atoms with E-state index in [0.29, 0.717) is 35.4 Å². The van der Waals surface area contributed by atoms with Crippen molar-refractivity contribution in [2.24, 2.45) is 34.5 Å². The first-order valence-corrected chi connectivity index (χ1v) is 9.16. The van der Waals surface area contributed by atoms with E-state index in [1.54, 1.807) is 0 Å². The number of allylic oxidation sites excluding steroid dienone is 1. The summed E-state index contributed by atoms with van der Waals surface area (Å²) in [5.74, 6) is 2.20. The fraction of sp³-hybridized carbons (Fsp3) is 0.850. The molecule has 0 amide bonds. The van der Waals surface area contributed by atoms with Gasteiger partial charge in [-0.2, -0.15) is 0 Å². The van der Waals surface area contributed by atoms with E-state index in [4.69, 9.17) is 0 Å². The SMILES string of the molecule is C[C@H]1C(CCO)=CC(=O)[C@H]2[C@H]1CC[C@H]1C(C)(C)CCC[C@]21C. The highest BCUT2D eigenvalue weighted by Crippen LogP contribution is 2.63. The summed E-state index contributed by atoms with van der Waals surface area (Å²) < 4.78 is 0. The van der Waals surface area contributed by atoms with E-state index in [1.165, 1.54) is 37.7 Å². The summed E-state index contributed by atoms with van der Waals surface area (Å²) in [6.07, 6.45) is 8.81. The molecule has 0 radical (unpaired) electrons. The number of rotatable bonds is 2. The lowest BCUT2D eigenvalue weighted by Crippen LogP contribution is -2.56. The molecular formula is C20H32O2. The lowest BCUT2D eigenvalue weighted by molar-refractivity contribution is -0.146. The second-order valence-electron chi connectivity index (χ2n) is 9.00. The summed E-state index contributed by atoms with van der Waals surface area (Å²) in [5.41, 5.74) is 1.74. The largest absolute Gasteiger partial charge is 0.396 e. The number of carbonyl (C=O) groups is 1. The van der Waals surface area contributed by atoms with Gasteiger partial charge in [-0.3, -0.25) is 4.79 Å². The van der Waals surface area contributed by atoms with Crippen LogP contribution >= 0.6 is 0 Å². The van der Waals surface area contributed by atoms with Crippen molar-refractivity contribution in [3.63, 3.8) is 0 Å². The Balaban J connectivity index is 1.98. The Labute approximate surface area is 135 Å². The van der Waals surface area contributed by atoms with Crippen molar-refractivity contribution < 1.29 is 9.90 Å². The van der Waals surface area contributed by atoms with E-state index in [2.05, 4.69) is 27.7 Å². The monoisotopic (exact) mass is 304 g/mol. The fourth-order valence-electron chi connectivity index (χ4n) is 6.46. The smallest absolute Gasteiger partial charge is 0.159 e. The maximum atomic E-state index is 13.0. The molecule has 0 unspecified atom stereocenters. The second-order valence-corrected chi connectivity index (χ2v) is 9.00. The van der Waals surface area contributed by atoms with Gasteiger partial charge in [0, 0.05) is 12.5 Å². The van der Waals surface area contributed by atoms with Gasteiger partial charge in [-0.25, -0.2) is 0 Å². The Morgan fingerprint density at radius 2 is 1.95 bits per heavy atom. The Hall–Kier alpha value is -0.630. The van der Waals surface area contributed by atoms with Gasteiger partial charge in [-0.05, 0) is 66.8 Å². The van der Waals surface area contributed by atoms with E-state index in [-0.39, 0.29) is 17.9 Å². The molecular weight excluding hydrogens is 272 g/mol. The van der Waals surface area contributed by atoms with Crippen molar-refractivity contribution in [1.82, 2.24) is 0 Å². The second kappa shape index (κ2) is 5.47. The minimum atomic E-state index is 0.160. The lowest BCUT2D eigenvalue weighted by Gasteiger charge is -2.60. The molecule has 5 atom stereocenters. The molecule has 124 valence electrons. The maximum absolute atomic E-state index is 13.0. The normalized spacial score (nSPS) is 44.0. The zero-order valence-electron chi connectivity index (χ0n) is 14.7. The minimum absolute atomic E-state index is 0.160. The molecule has 3 aliphatic rings. The molecule has 0 aromatic heterocycles. The zero-order chi connectivity index (χ0) is 16.1. The van der Waals surface area contributed by atoms with Crippen molar-refractivity contribution >= 4 is 5.78 Å². The van der Waals surface area contributed by atoms with E-state index in [9.17, 15) is 9.90 Å². The molecule has 0 aromatic carbocycles. The summed E-state index contributed by atoms with van der Waals surface area (Å²) in [4.78, 5) is 13.0. The van der Waals surface area contributed by atoms with Gasteiger partial charge < -0.3 is 5.11 Å². The van der Waals surface area contributed by atoms with Crippen LogP contribution in [0.15, 0.2) is 11.6 Å². The predicted molar refractivity (Wildman–Crippen MR) is 89.4 cm³/mol. The number of hydrogen-bond donors (Lipinski definition) is 1. The van der Waals surface area contributed by atoms with Gasteiger partial charge in [0.1, 0.15) is 0 Å². The Kier molecular flexibility index (Phi) is 4.04. The van der Waals surface area contributed by atoms with Gasteiger partial charge in [0.25, 0.3) is 0 Å². The van der Waals surface area contributed by atoms with Crippen LogP contribution in [0, 0.1) is 34.5 Å². The molecule has 0 aromatic rings.